The molecule has 0 aliphatic carbocycles. The standard InChI is InChI=1S/C7H14N2O3/c1-6(10)9(3-4-12-2)5-7(8)11/h3-5H2,1-2H3,(H2,8,11). The topological polar surface area (TPSA) is 72.6 Å². The van der Waals surface area contributed by atoms with Crippen molar-refractivity contribution in [3.8, 4) is 0 Å². The van der Waals surface area contributed by atoms with E-state index < -0.39 is 5.91 Å². The highest BCUT2D eigenvalue weighted by molar-refractivity contribution is 5.82. The highest BCUT2D eigenvalue weighted by atomic mass is 16.5. The lowest BCUT2D eigenvalue weighted by molar-refractivity contribution is -0.133. The van der Waals surface area contributed by atoms with Gasteiger partial charge in [-0.15, -0.1) is 0 Å². The first-order valence-electron chi connectivity index (χ1n) is 3.60. The Morgan fingerprint density at radius 1 is 1.50 bits per heavy atom. The summed E-state index contributed by atoms with van der Waals surface area (Å²) in [5.74, 6) is -0.688. The highest BCUT2D eigenvalue weighted by Crippen LogP contribution is 1.88. The predicted octanol–water partition coefficient (Wildman–Crippen LogP) is -1.03. The summed E-state index contributed by atoms with van der Waals surface area (Å²) < 4.78 is 4.76. The van der Waals surface area contributed by atoms with Crippen LogP contribution < -0.4 is 5.73 Å². The van der Waals surface area contributed by atoms with E-state index in [1.54, 1.807) is 0 Å². The number of carbonyl (C=O) groups excluding carboxylic acids is 2. The van der Waals surface area contributed by atoms with Crippen LogP contribution in [0, 0.1) is 0 Å². The lowest BCUT2D eigenvalue weighted by Crippen LogP contribution is -2.38. The Hall–Kier alpha value is -1.10. The van der Waals surface area contributed by atoms with E-state index in [0.717, 1.165) is 0 Å². The minimum absolute atomic E-state index is 0.0430. The van der Waals surface area contributed by atoms with E-state index >= 15 is 0 Å². The molecule has 0 unspecified atom stereocenters. The normalized spacial score (nSPS) is 9.50. The number of methoxy groups -OCH3 is 1. The third-order valence-electron chi connectivity index (χ3n) is 1.36. The zero-order chi connectivity index (χ0) is 9.56. The van der Waals surface area contributed by atoms with Gasteiger partial charge in [-0.1, -0.05) is 0 Å². The number of hydrogen-bond acceptors (Lipinski definition) is 3. The summed E-state index contributed by atoms with van der Waals surface area (Å²) in [6.07, 6.45) is 0. The van der Waals surface area contributed by atoms with Crippen molar-refractivity contribution >= 4 is 11.8 Å². The van der Waals surface area contributed by atoms with Crippen LogP contribution in [0.3, 0.4) is 0 Å². The van der Waals surface area contributed by atoms with Crippen molar-refractivity contribution in [2.45, 2.75) is 6.92 Å². The second-order valence-electron chi connectivity index (χ2n) is 2.40. The largest absolute Gasteiger partial charge is 0.383 e. The summed E-state index contributed by atoms with van der Waals surface area (Å²) in [7, 11) is 1.53. The van der Waals surface area contributed by atoms with Crippen LogP contribution in [0.2, 0.25) is 0 Å². The fourth-order valence-corrected chi connectivity index (χ4v) is 0.737. The van der Waals surface area contributed by atoms with E-state index in [4.69, 9.17) is 10.5 Å². The molecule has 0 radical (unpaired) electrons. The summed E-state index contributed by atoms with van der Waals surface area (Å²) >= 11 is 0. The molecule has 0 aliphatic rings. The third kappa shape index (κ3) is 4.68. The number of nitrogens with zero attached hydrogens (tertiary/aromatic N) is 1. The molecule has 0 heterocycles. The van der Waals surface area contributed by atoms with Crippen molar-refractivity contribution in [3.05, 3.63) is 0 Å². The van der Waals surface area contributed by atoms with Gasteiger partial charge in [-0.3, -0.25) is 9.59 Å². The summed E-state index contributed by atoms with van der Waals surface area (Å²) in [4.78, 5) is 22.7. The van der Waals surface area contributed by atoms with Gasteiger partial charge in [-0.25, -0.2) is 0 Å². The molecule has 2 N–H and O–H groups in total. The van der Waals surface area contributed by atoms with Gasteiger partial charge in [0.05, 0.1) is 13.2 Å². The Kier molecular flexibility index (Phi) is 5.03. The van der Waals surface area contributed by atoms with E-state index in [-0.39, 0.29) is 12.5 Å². The Labute approximate surface area is 71.5 Å². The van der Waals surface area contributed by atoms with Crippen molar-refractivity contribution in [1.29, 1.82) is 0 Å². The number of primary amides is 1. The average molecular weight is 174 g/mol. The zero-order valence-corrected chi connectivity index (χ0v) is 7.37. The fourth-order valence-electron chi connectivity index (χ4n) is 0.737. The molecule has 0 atom stereocenters. The summed E-state index contributed by atoms with van der Waals surface area (Å²) in [6, 6.07) is 0. The summed E-state index contributed by atoms with van der Waals surface area (Å²) in [5.41, 5.74) is 4.93. The Morgan fingerprint density at radius 3 is 2.42 bits per heavy atom. The van der Waals surface area contributed by atoms with E-state index in [2.05, 4.69) is 0 Å². The predicted molar refractivity (Wildman–Crippen MR) is 43.3 cm³/mol. The highest BCUT2D eigenvalue weighted by Gasteiger charge is 2.09. The number of nitrogens with two attached hydrogens (primary N) is 1. The molecule has 0 aromatic heterocycles. The Morgan fingerprint density at radius 2 is 2.08 bits per heavy atom. The maximum absolute atomic E-state index is 10.8. The molecular weight excluding hydrogens is 160 g/mol. The number of rotatable bonds is 5. The zero-order valence-electron chi connectivity index (χ0n) is 7.37. The minimum atomic E-state index is -0.513. The van der Waals surface area contributed by atoms with Gasteiger partial charge < -0.3 is 15.4 Å². The monoisotopic (exact) mass is 174 g/mol. The van der Waals surface area contributed by atoms with E-state index in [1.807, 2.05) is 0 Å². The molecule has 2 amide bonds. The van der Waals surface area contributed by atoms with Gasteiger partial charge in [0.1, 0.15) is 0 Å². The van der Waals surface area contributed by atoms with Crippen molar-refractivity contribution in [2.75, 3.05) is 26.8 Å². The number of ether oxygens (including phenoxy) is 1. The molecule has 0 aromatic carbocycles. The molecule has 0 saturated heterocycles. The van der Waals surface area contributed by atoms with Crippen LogP contribution in [0.5, 0.6) is 0 Å². The van der Waals surface area contributed by atoms with E-state index in [1.165, 1.54) is 18.9 Å². The van der Waals surface area contributed by atoms with Gasteiger partial charge in [-0.05, 0) is 0 Å². The first kappa shape index (κ1) is 10.9. The van der Waals surface area contributed by atoms with Crippen molar-refractivity contribution in [2.24, 2.45) is 5.73 Å². The van der Waals surface area contributed by atoms with Crippen LogP contribution in [-0.4, -0.2) is 43.5 Å². The molecule has 0 spiro atoms. The minimum Gasteiger partial charge on any atom is -0.383 e. The average Bonchev–Trinajstić information content (AvgIpc) is 1.96. The first-order valence-corrected chi connectivity index (χ1v) is 3.60. The second kappa shape index (κ2) is 5.54. The lowest BCUT2D eigenvalue weighted by Gasteiger charge is -2.18. The van der Waals surface area contributed by atoms with Crippen LogP contribution in [0.15, 0.2) is 0 Å². The van der Waals surface area contributed by atoms with Gasteiger partial charge in [0.15, 0.2) is 0 Å². The molecule has 0 rings (SSSR count). The molecule has 12 heavy (non-hydrogen) atoms. The summed E-state index contributed by atoms with van der Waals surface area (Å²) in [5, 5.41) is 0. The molecule has 0 aromatic rings. The van der Waals surface area contributed by atoms with Gasteiger partial charge in [0, 0.05) is 20.6 Å². The third-order valence-corrected chi connectivity index (χ3v) is 1.36. The number of carbonyl (C=O) groups is 2. The van der Waals surface area contributed by atoms with Crippen molar-refractivity contribution in [3.63, 3.8) is 0 Å². The van der Waals surface area contributed by atoms with Crippen LogP contribution in [0.1, 0.15) is 6.92 Å². The molecule has 5 nitrogen and oxygen atoms in total. The van der Waals surface area contributed by atoms with Gasteiger partial charge >= 0.3 is 0 Å². The smallest absolute Gasteiger partial charge is 0.237 e. The van der Waals surface area contributed by atoms with Crippen LogP contribution in [-0.2, 0) is 14.3 Å². The first-order chi connectivity index (χ1) is 5.57. The second-order valence-corrected chi connectivity index (χ2v) is 2.40. The molecule has 5 heteroatoms. The maximum atomic E-state index is 10.8. The van der Waals surface area contributed by atoms with Crippen LogP contribution in [0.25, 0.3) is 0 Å². The van der Waals surface area contributed by atoms with E-state index in [0.29, 0.717) is 13.2 Å². The SMILES string of the molecule is COCCN(CC(N)=O)C(C)=O. The Balaban J connectivity index is 3.87. The number of hydrogen-bond donors (Lipinski definition) is 1. The summed E-state index contributed by atoms with van der Waals surface area (Å²) in [6.45, 7) is 2.15. The lowest BCUT2D eigenvalue weighted by atomic mass is 10.4. The maximum Gasteiger partial charge on any atom is 0.237 e. The molecule has 0 aliphatic heterocycles. The van der Waals surface area contributed by atoms with Gasteiger partial charge in [-0.2, -0.15) is 0 Å². The quantitative estimate of drug-likeness (QED) is 0.579. The molecular formula is C7H14N2O3. The van der Waals surface area contributed by atoms with Crippen molar-refractivity contribution in [1.82, 2.24) is 4.90 Å². The van der Waals surface area contributed by atoms with Gasteiger partial charge in [0.25, 0.3) is 0 Å². The Bertz CT molecular complexity index is 170. The van der Waals surface area contributed by atoms with Gasteiger partial charge in [0.2, 0.25) is 11.8 Å². The fraction of sp³-hybridized carbons (Fsp3) is 0.714. The van der Waals surface area contributed by atoms with Crippen LogP contribution >= 0.6 is 0 Å². The van der Waals surface area contributed by atoms with E-state index in [9.17, 15) is 9.59 Å². The number of amides is 2. The molecule has 0 fully saturated rings. The van der Waals surface area contributed by atoms with Crippen LogP contribution in [0.4, 0.5) is 0 Å². The molecule has 0 bridgehead atoms. The van der Waals surface area contributed by atoms with Crippen molar-refractivity contribution < 1.29 is 14.3 Å². The molecule has 0 saturated carbocycles. The molecule has 70 valence electrons.